The molecule has 1 rings (SSSR count). The Hall–Kier alpha value is -0.660. The molecule has 0 aliphatic carbocycles. The number of likely N-dealkylation sites (tertiary alicyclic amines) is 1. The number of rotatable bonds is 3. The summed E-state index contributed by atoms with van der Waals surface area (Å²) in [6.07, 6.45) is 1.40. The number of hydrogen-bond donors (Lipinski definition) is 0. The van der Waals surface area contributed by atoms with Gasteiger partial charge in [-0.3, -0.25) is 9.11 Å². The zero-order valence-electron chi connectivity index (χ0n) is 12.0. The maximum Gasteiger partial charge on any atom is 0.410 e. The number of nitrogens with zero attached hydrogens (tertiary/aromatic N) is 2. The molecule has 0 aromatic heterocycles. The number of ether oxygens (including phenoxy) is 1. The van der Waals surface area contributed by atoms with E-state index in [0.717, 1.165) is 19.4 Å². The van der Waals surface area contributed by atoms with Gasteiger partial charge in [0.2, 0.25) is 0 Å². The van der Waals surface area contributed by atoms with Crippen LogP contribution < -0.4 is 0 Å². The third kappa shape index (κ3) is 5.88. The van der Waals surface area contributed by atoms with E-state index >= 15 is 0 Å². The van der Waals surface area contributed by atoms with Crippen LogP contribution in [0.3, 0.4) is 0 Å². The molecule has 1 aliphatic rings. The van der Waals surface area contributed by atoms with Crippen LogP contribution in [-0.2, 0) is 15.8 Å². The van der Waals surface area contributed by atoms with Crippen LogP contribution in [0.4, 0.5) is 4.79 Å². The molecule has 2 unspecified atom stereocenters. The molecule has 0 bridgehead atoms. The van der Waals surface area contributed by atoms with Crippen LogP contribution in [0.15, 0.2) is 0 Å². The summed E-state index contributed by atoms with van der Waals surface area (Å²) < 4.78 is 26.8. The van der Waals surface area contributed by atoms with Crippen molar-refractivity contribution < 1.29 is 18.3 Å². The van der Waals surface area contributed by atoms with E-state index in [-0.39, 0.29) is 18.0 Å². The monoisotopic (exact) mass is 291 g/mol. The molecule has 0 spiro atoms. The fourth-order valence-corrected chi connectivity index (χ4v) is 2.63. The summed E-state index contributed by atoms with van der Waals surface area (Å²) in [6.45, 7) is 6.81. The lowest BCUT2D eigenvalue weighted by atomic mass is 10.1. The van der Waals surface area contributed by atoms with Gasteiger partial charge in [0.1, 0.15) is 5.60 Å². The highest BCUT2D eigenvalue weighted by molar-refractivity contribution is 7.79. The van der Waals surface area contributed by atoms with Crippen molar-refractivity contribution in [1.29, 1.82) is 0 Å². The van der Waals surface area contributed by atoms with Gasteiger partial charge in [-0.05, 0) is 51.2 Å². The van der Waals surface area contributed by atoms with E-state index in [9.17, 15) is 13.6 Å². The lowest BCUT2D eigenvalue weighted by molar-refractivity contribution is 0.0146. The van der Waals surface area contributed by atoms with E-state index in [1.54, 1.807) is 11.9 Å². The number of hydrogen-bond acceptors (Lipinski definition) is 5. The predicted molar refractivity (Wildman–Crippen MR) is 72.4 cm³/mol. The maximum absolute atomic E-state index is 12.0. The summed E-state index contributed by atoms with van der Waals surface area (Å²) in [5.41, 5.74) is -0.518. The molecule has 0 radical (unpaired) electrons. The molecular weight excluding hydrogens is 268 g/mol. The predicted octanol–water partition coefficient (Wildman–Crippen LogP) is 1.15. The molecule has 7 heteroatoms. The second-order valence-electron chi connectivity index (χ2n) is 5.90. The normalized spacial score (nSPS) is 22.9. The molecule has 112 valence electrons. The molecular formula is C12H23N2O4S-. The summed E-state index contributed by atoms with van der Waals surface area (Å²) in [4.78, 5) is 15.4. The first-order chi connectivity index (χ1) is 8.69. The highest BCUT2D eigenvalue weighted by Crippen LogP contribution is 2.17. The van der Waals surface area contributed by atoms with Crippen molar-refractivity contribution in [2.45, 2.75) is 45.3 Å². The van der Waals surface area contributed by atoms with Gasteiger partial charge in [0.05, 0.1) is 5.88 Å². The number of amides is 1. The highest BCUT2D eigenvalue weighted by Gasteiger charge is 2.28. The lowest BCUT2D eigenvalue weighted by Crippen LogP contribution is -2.50. The summed E-state index contributed by atoms with van der Waals surface area (Å²) in [5.74, 6) is 0.0264. The Morgan fingerprint density at radius 3 is 2.68 bits per heavy atom. The number of carbonyl (C=O) groups is 1. The Balaban J connectivity index is 2.54. The minimum absolute atomic E-state index is 0.00662. The van der Waals surface area contributed by atoms with Crippen molar-refractivity contribution in [3.05, 3.63) is 0 Å². The molecule has 1 amide bonds. The minimum atomic E-state index is -2.08. The molecule has 1 fully saturated rings. The Kier molecular flexibility index (Phi) is 5.76. The molecule has 0 N–H and O–H groups in total. The van der Waals surface area contributed by atoms with Crippen LogP contribution in [-0.4, -0.2) is 62.3 Å². The van der Waals surface area contributed by atoms with E-state index in [1.807, 2.05) is 25.7 Å². The first-order valence-electron chi connectivity index (χ1n) is 6.43. The second kappa shape index (κ2) is 6.67. The van der Waals surface area contributed by atoms with E-state index in [4.69, 9.17) is 4.74 Å². The minimum Gasteiger partial charge on any atom is -0.771 e. The second-order valence-corrected chi connectivity index (χ2v) is 6.76. The van der Waals surface area contributed by atoms with E-state index in [1.165, 1.54) is 0 Å². The average molecular weight is 291 g/mol. The molecule has 0 aromatic carbocycles. The van der Waals surface area contributed by atoms with Crippen molar-refractivity contribution in [3.8, 4) is 0 Å². The molecule has 0 saturated carbocycles. The molecule has 19 heavy (non-hydrogen) atoms. The SMILES string of the molecule is CN(C(=O)OC(C)(C)C)C1CCCN(CS(=O)[O-])C1. The Morgan fingerprint density at radius 1 is 1.53 bits per heavy atom. The third-order valence-electron chi connectivity index (χ3n) is 3.00. The van der Waals surface area contributed by atoms with Crippen LogP contribution >= 0.6 is 0 Å². The van der Waals surface area contributed by atoms with Crippen LogP contribution in [0.1, 0.15) is 33.6 Å². The molecule has 1 saturated heterocycles. The topological polar surface area (TPSA) is 72.9 Å². The van der Waals surface area contributed by atoms with Gasteiger partial charge >= 0.3 is 6.09 Å². The number of likely N-dealkylation sites (N-methyl/N-ethyl adjacent to an activating group) is 1. The van der Waals surface area contributed by atoms with Crippen LogP contribution in [0, 0.1) is 0 Å². The molecule has 2 atom stereocenters. The lowest BCUT2D eigenvalue weighted by Gasteiger charge is -2.38. The quantitative estimate of drug-likeness (QED) is 0.729. The van der Waals surface area contributed by atoms with Crippen molar-refractivity contribution in [2.75, 3.05) is 26.0 Å². The summed E-state index contributed by atoms with van der Waals surface area (Å²) >= 11 is -2.08. The van der Waals surface area contributed by atoms with Gasteiger partial charge < -0.3 is 14.2 Å². The summed E-state index contributed by atoms with van der Waals surface area (Å²) in [5, 5.41) is 0. The average Bonchev–Trinajstić information content (AvgIpc) is 2.25. The first kappa shape index (κ1) is 16.4. The zero-order chi connectivity index (χ0) is 14.6. The maximum atomic E-state index is 12.0. The fourth-order valence-electron chi connectivity index (χ4n) is 2.10. The van der Waals surface area contributed by atoms with Crippen molar-refractivity contribution in [3.63, 3.8) is 0 Å². The third-order valence-corrected chi connectivity index (χ3v) is 3.57. The van der Waals surface area contributed by atoms with Gasteiger partial charge in [0.25, 0.3) is 0 Å². The van der Waals surface area contributed by atoms with Gasteiger partial charge in [-0.2, -0.15) is 0 Å². The van der Waals surface area contributed by atoms with Gasteiger partial charge in [0, 0.05) is 19.6 Å². The largest absolute Gasteiger partial charge is 0.771 e. The van der Waals surface area contributed by atoms with E-state index < -0.39 is 16.7 Å². The number of piperidine rings is 1. The Bertz CT molecular complexity index is 343. The van der Waals surface area contributed by atoms with Crippen LogP contribution in [0.2, 0.25) is 0 Å². The van der Waals surface area contributed by atoms with Gasteiger partial charge in [0.15, 0.2) is 0 Å². The number of carbonyl (C=O) groups excluding carboxylic acids is 1. The van der Waals surface area contributed by atoms with Crippen molar-refractivity contribution in [2.24, 2.45) is 0 Å². The van der Waals surface area contributed by atoms with E-state index in [2.05, 4.69) is 0 Å². The molecule has 6 nitrogen and oxygen atoms in total. The van der Waals surface area contributed by atoms with Crippen LogP contribution in [0.25, 0.3) is 0 Å². The molecule has 0 aromatic rings. The summed E-state index contributed by atoms with van der Waals surface area (Å²) in [6, 6.07) is 0.00662. The summed E-state index contributed by atoms with van der Waals surface area (Å²) in [7, 11) is 1.70. The Labute approximate surface area is 117 Å². The van der Waals surface area contributed by atoms with Gasteiger partial charge in [-0.25, -0.2) is 4.79 Å². The van der Waals surface area contributed by atoms with Crippen molar-refractivity contribution in [1.82, 2.24) is 9.80 Å². The van der Waals surface area contributed by atoms with Crippen LogP contribution in [0.5, 0.6) is 0 Å². The smallest absolute Gasteiger partial charge is 0.410 e. The van der Waals surface area contributed by atoms with Gasteiger partial charge in [-0.15, -0.1) is 0 Å². The van der Waals surface area contributed by atoms with Gasteiger partial charge in [-0.1, -0.05) is 0 Å². The zero-order valence-corrected chi connectivity index (χ0v) is 12.9. The van der Waals surface area contributed by atoms with Crippen molar-refractivity contribution >= 4 is 17.2 Å². The Morgan fingerprint density at radius 2 is 2.16 bits per heavy atom. The fraction of sp³-hybridized carbons (Fsp3) is 0.917. The molecule has 1 heterocycles. The first-order valence-corrected chi connectivity index (χ1v) is 7.67. The standard InChI is InChI=1S/C12H24N2O4S/c1-12(2,3)18-11(15)13(4)10-6-5-7-14(8-10)9-19(16)17/h10H,5-9H2,1-4H3,(H,16,17)/p-1. The molecule has 1 aliphatic heterocycles. The highest BCUT2D eigenvalue weighted by atomic mass is 32.2. The van der Waals surface area contributed by atoms with E-state index in [0.29, 0.717) is 6.54 Å².